The van der Waals surface area contributed by atoms with Crippen LogP contribution < -0.4 is 0 Å². The van der Waals surface area contributed by atoms with Crippen molar-refractivity contribution >= 4 is 33.2 Å². The number of fused-ring (bicyclic) bond motifs is 2. The fourth-order valence-corrected chi connectivity index (χ4v) is 5.34. The molecule has 0 spiro atoms. The van der Waals surface area contributed by atoms with Gasteiger partial charge in [-0.15, -0.1) is 0 Å². The summed E-state index contributed by atoms with van der Waals surface area (Å²) in [6.45, 7) is 0.922. The Hall–Kier alpha value is -4.01. The number of rotatable bonds is 6. The summed E-state index contributed by atoms with van der Waals surface area (Å²) in [5, 5.41) is 0.897. The van der Waals surface area contributed by atoms with Crippen molar-refractivity contribution in [2.75, 3.05) is 0 Å². The number of para-hydroxylation sites is 4. The highest BCUT2D eigenvalue weighted by molar-refractivity contribution is 7.91. The molecule has 0 amide bonds. The van der Waals surface area contributed by atoms with Gasteiger partial charge in [0.2, 0.25) is 0 Å². The predicted octanol–water partition coefficient (Wildman–Crippen LogP) is 4.44. The van der Waals surface area contributed by atoms with E-state index in [4.69, 9.17) is 9.97 Å². The average Bonchev–Trinajstić information content (AvgIpc) is 3.44. The molecule has 6 rings (SSSR count). The van der Waals surface area contributed by atoms with Gasteiger partial charge in [-0.3, -0.25) is 19.1 Å². The average molecular weight is 465 g/mol. The van der Waals surface area contributed by atoms with Crippen LogP contribution in [0.1, 0.15) is 11.4 Å². The Morgan fingerprint density at radius 2 is 1.03 bits per heavy atom. The first kappa shape index (κ1) is 20.6. The molecule has 8 heteroatoms. The highest BCUT2D eigenvalue weighted by atomic mass is 32.2. The first-order chi connectivity index (χ1) is 16.8. The molecule has 0 aliphatic heterocycles. The molecule has 0 unspecified atom stereocenters. The van der Waals surface area contributed by atoms with Crippen LogP contribution in [-0.2, 0) is 24.3 Å². The fraction of sp³-hybridized carbons (Fsp3) is 0.0769. The van der Waals surface area contributed by atoms with E-state index in [1.807, 2.05) is 94.1 Å². The normalized spacial score (nSPS) is 11.6. The summed E-state index contributed by atoms with van der Waals surface area (Å²) < 4.78 is 18.1. The molecule has 0 N–H and O–H groups in total. The zero-order chi connectivity index (χ0) is 22.9. The Balaban J connectivity index is 1.50. The van der Waals surface area contributed by atoms with Gasteiger partial charge in [0.05, 0.1) is 46.5 Å². The zero-order valence-electron chi connectivity index (χ0n) is 18.2. The van der Waals surface area contributed by atoms with Gasteiger partial charge in [0.1, 0.15) is 11.2 Å². The molecule has 7 nitrogen and oxygen atoms in total. The highest BCUT2D eigenvalue weighted by Gasteiger charge is 2.31. The van der Waals surface area contributed by atoms with Gasteiger partial charge in [0.15, 0.2) is 0 Å². The largest absolute Gasteiger partial charge is 0.602 e. The second kappa shape index (κ2) is 8.74. The standard InChI is InChI=1S/C26H20N6OS/c33-34(25-29-21-11-1-3-13-23(21)31(25)17-19-9-5-7-15-27-19)26-30-22-12-2-4-14-24(22)32(26)18-20-10-6-8-16-28-20/h1-16H,17-18H2. The van der Waals surface area contributed by atoms with Crippen LogP contribution in [0.25, 0.3) is 22.1 Å². The van der Waals surface area contributed by atoms with Crippen molar-refractivity contribution in [3.8, 4) is 0 Å². The molecule has 34 heavy (non-hydrogen) atoms. The lowest BCUT2D eigenvalue weighted by molar-refractivity contribution is 0.554. The second-order valence-electron chi connectivity index (χ2n) is 7.85. The van der Waals surface area contributed by atoms with Crippen LogP contribution in [0.4, 0.5) is 0 Å². The quantitative estimate of drug-likeness (QED) is 0.340. The fourth-order valence-electron chi connectivity index (χ4n) is 4.08. The van der Waals surface area contributed by atoms with Gasteiger partial charge in [-0.05, 0) is 48.5 Å². The maximum atomic E-state index is 14.1. The van der Waals surface area contributed by atoms with Crippen LogP contribution in [0.5, 0.6) is 0 Å². The minimum absolute atomic E-state index is 0.449. The predicted molar refractivity (Wildman–Crippen MR) is 131 cm³/mol. The molecular weight excluding hydrogens is 444 g/mol. The van der Waals surface area contributed by atoms with E-state index in [9.17, 15) is 4.55 Å². The number of aromatic nitrogens is 6. The molecule has 0 radical (unpaired) electrons. The minimum Gasteiger partial charge on any atom is -0.602 e. The maximum absolute atomic E-state index is 14.1. The van der Waals surface area contributed by atoms with Gasteiger partial charge >= 0.3 is 10.3 Å². The summed E-state index contributed by atoms with van der Waals surface area (Å²) in [7, 11) is 0. The van der Waals surface area contributed by atoms with E-state index >= 15 is 0 Å². The van der Waals surface area contributed by atoms with Gasteiger partial charge in [0.25, 0.3) is 0 Å². The molecule has 0 bridgehead atoms. The third-order valence-corrected chi connectivity index (χ3v) is 6.95. The number of pyridine rings is 2. The van der Waals surface area contributed by atoms with Crippen LogP contribution in [0.3, 0.4) is 0 Å². The SMILES string of the molecule is [O-][S+](c1nc2ccccc2n1Cc1ccccn1)c1nc2ccccc2n1Cc1ccccn1. The molecule has 0 aliphatic rings. The van der Waals surface area contributed by atoms with Crippen LogP contribution in [0.2, 0.25) is 0 Å². The van der Waals surface area contributed by atoms with E-state index in [0.29, 0.717) is 23.4 Å². The molecule has 0 saturated carbocycles. The van der Waals surface area contributed by atoms with Crippen molar-refractivity contribution in [2.24, 2.45) is 0 Å². The topological polar surface area (TPSA) is 84.5 Å². The van der Waals surface area contributed by atoms with E-state index < -0.39 is 11.2 Å². The van der Waals surface area contributed by atoms with Crippen molar-refractivity contribution in [1.82, 2.24) is 29.1 Å². The van der Waals surface area contributed by atoms with Gasteiger partial charge in [0, 0.05) is 12.4 Å². The molecule has 166 valence electrons. The molecule has 4 heterocycles. The molecule has 0 fully saturated rings. The number of imidazole rings is 2. The van der Waals surface area contributed by atoms with Gasteiger partial charge < -0.3 is 4.55 Å². The third-order valence-electron chi connectivity index (χ3n) is 5.66. The maximum Gasteiger partial charge on any atom is 0.333 e. The Labute approximate surface area is 199 Å². The van der Waals surface area contributed by atoms with Gasteiger partial charge in [-0.1, -0.05) is 36.4 Å². The molecular formula is C26H20N6OS. The van der Waals surface area contributed by atoms with E-state index in [1.165, 1.54) is 0 Å². The number of benzene rings is 2. The summed E-state index contributed by atoms with van der Waals surface area (Å²) >= 11 is -1.63. The van der Waals surface area contributed by atoms with E-state index in [1.54, 1.807) is 12.4 Å². The van der Waals surface area contributed by atoms with Crippen LogP contribution in [0, 0.1) is 0 Å². The molecule has 0 atom stereocenters. The molecule has 0 saturated heterocycles. The summed E-state index contributed by atoms with van der Waals surface area (Å²) in [5.74, 6) is 0. The number of hydrogen-bond acceptors (Lipinski definition) is 5. The minimum atomic E-state index is -1.63. The zero-order valence-corrected chi connectivity index (χ0v) is 19.0. The lowest BCUT2D eigenvalue weighted by atomic mass is 10.3. The van der Waals surface area contributed by atoms with Crippen molar-refractivity contribution in [3.05, 3.63) is 109 Å². The van der Waals surface area contributed by atoms with E-state index in [2.05, 4.69) is 9.97 Å². The Bertz CT molecular complexity index is 1460. The van der Waals surface area contributed by atoms with Crippen LogP contribution in [0.15, 0.2) is 108 Å². The Kier molecular flexibility index (Phi) is 5.29. The first-order valence-corrected chi connectivity index (χ1v) is 12.0. The molecule has 2 aromatic carbocycles. The van der Waals surface area contributed by atoms with Crippen molar-refractivity contribution in [1.29, 1.82) is 0 Å². The first-order valence-electron chi connectivity index (χ1n) is 10.9. The Morgan fingerprint density at radius 1 is 0.588 bits per heavy atom. The molecule has 6 aromatic rings. The lowest BCUT2D eigenvalue weighted by Crippen LogP contribution is -2.17. The molecule has 4 aromatic heterocycles. The van der Waals surface area contributed by atoms with Gasteiger partial charge in [-0.2, -0.15) is 9.97 Å². The van der Waals surface area contributed by atoms with E-state index in [-0.39, 0.29) is 0 Å². The van der Waals surface area contributed by atoms with Crippen LogP contribution >= 0.6 is 0 Å². The third kappa shape index (κ3) is 3.72. The monoisotopic (exact) mass is 464 g/mol. The van der Waals surface area contributed by atoms with Crippen molar-refractivity contribution in [2.45, 2.75) is 23.4 Å². The van der Waals surface area contributed by atoms with Gasteiger partial charge in [-0.25, -0.2) is 0 Å². The summed E-state index contributed by atoms with van der Waals surface area (Å²) in [4.78, 5) is 18.5. The Morgan fingerprint density at radius 3 is 1.47 bits per heavy atom. The second-order valence-corrected chi connectivity index (χ2v) is 9.12. The van der Waals surface area contributed by atoms with E-state index in [0.717, 1.165) is 33.5 Å². The number of hydrogen-bond donors (Lipinski definition) is 0. The van der Waals surface area contributed by atoms with Crippen LogP contribution in [-0.4, -0.2) is 33.6 Å². The number of nitrogens with zero attached hydrogens (tertiary/aromatic N) is 6. The lowest BCUT2D eigenvalue weighted by Gasteiger charge is -2.13. The summed E-state index contributed by atoms with van der Waals surface area (Å²) in [6, 6.07) is 27.2. The summed E-state index contributed by atoms with van der Waals surface area (Å²) in [5.41, 5.74) is 5.12. The summed E-state index contributed by atoms with van der Waals surface area (Å²) in [6.07, 6.45) is 3.52. The smallest absolute Gasteiger partial charge is 0.333 e. The molecule has 0 aliphatic carbocycles. The highest BCUT2D eigenvalue weighted by Crippen LogP contribution is 2.28. The van der Waals surface area contributed by atoms with Crippen molar-refractivity contribution in [3.63, 3.8) is 0 Å². The van der Waals surface area contributed by atoms with Crippen molar-refractivity contribution < 1.29 is 4.55 Å².